The fraction of sp³-hybridized carbons (Fsp3) is 0.0400. The molecule has 0 bridgehead atoms. The zero-order chi connectivity index (χ0) is 22.0. The van der Waals surface area contributed by atoms with Gasteiger partial charge in [-0.1, -0.05) is 34.8 Å². The van der Waals surface area contributed by atoms with Crippen molar-refractivity contribution in [3.05, 3.63) is 123 Å². The zero-order valence-corrected chi connectivity index (χ0v) is 18.5. The molecule has 31 heavy (non-hydrogen) atoms. The second kappa shape index (κ2) is 9.11. The van der Waals surface area contributed by atoms with Crippen molar-refractivity contribution in [1.29, 1.82) is 0 Å². The molecular weight excluding hydrogens is 453 g/mol. The van der Waals surface area contributed by atoms with Crippen molar-refractivity contribution in [1.82, 2.24) is 0 Å². The van der Waals surface area contributed by atoms with Gasteiger partial charge in [-0.3, -0.25) is 9.59 Å². The number of rotatable bonds is 5. The lowest BCUT2D eigenvalue weighted by molar-refractivity contribution is 0.102. The number of Topliss-reactive ketones (excluding diaryl/α,β-unsaturated/α-hetero) is 2. The predicted octanol–water partition coefficient (Wildman–Crippen LogP) is 7.39. The summed E-state index contributed by atoms with van der Waals surface area (Å²) in [6, 6.07) is 20.6. The van der Waals surface area contributed by atoms with E-state index in [2.05, 4.69) is 0 Å². The van der Waals surface area contributed by atoms with Crippen LogP contribution in [0.15, 0.2) is 96.3 Å². The summed E-state index contributed by atoms with van der Waals surface area (Å²) in [5.74, 6) is -0.324. The van der Waals surface area contributed by atoms with Gasteiger partial charge in [0.2, 0.25) is 0 Å². The van der Waals surface area contributed by atoms with E-state index >= 15 is 0 Å². The third kappa shape index (κ3) is 4.91. The molecule has 1 aliphatic rings. The Balaban J connectivity index is 1.72. The normalized spacial score (nSPS) is 13.5. The number of carbonyl (C=O) groups excluding carboxylic acids is 2. The molecule has 0 N–H and O–H groups in total. The summed E-state index contributed by atoms with van der Waals surface area (Å²) in [6.07, 6.45) is 3.71. The Hall–Kier alpha value is -2.85. The summed E-state index contributed by atoms with van der Waals surface area (Å²) >= 11 is 17.9. The Bertz CT molecular complexity index is 1120. The van der Waals surface area contributed by atoms with Gasteiger partial charge < -0.3 is 4.90 Å². The van der Waals surface area contributed by atoms with Crippen molar-refractivity contribution in [3.63, 3.8) is 0 Å². The monoisotopic (exact) mass is 467 g/mol. The summed E-state index contributed by atoms with van der Waals surface area (Å²) in [5.41, 5.74) is 2.79. The molecule has 0 atom stereocenters. The van der Waals surface area contributed by atoms with Crippen LogP contribution in [0.5, 0.6) is 0 Å². The van der Waals surface area contributed by atoms with Crippen LogP contribution in [-0.2, 0) is 0 Å². The second-order valence-electron chi connectivity index (χ2n) is 7.04. The first kappa shape index (κ1) is 21.4. The molecular formula is C25H16Cl3NO2. The lowest BCUT2D eigenvalue weighted by atomic mass is 9.91. The number of hydrogen-bond acceptors (Lipinski definition) is 3. The van der Waals surface area contributed by atoms with Gasteiger partial charge >= 0.3 is 0 Å². The first-order valence-electron chi connectivity index (χ1n) is 9.46. The Morgan fingerprint density at radius 3 is 1.32 bits per heavy atom. The van der Waals surface area contributed by atoms with Gasteiger partial charge in [0.1, 0.15) is 0 Å². The standard InChI is InChI=1S/C25H16Cl3NO2/c26-20-5-1-16(2-6-20)24(30)18-13-19(25(31)17-3-7-21(27)8-4-17)15-29(14-18)23-11-9-22(28)10-12-23/h1-12,14-15H,13H2. The summed E-state index contributed by atoms with van der Waals surface area (Å²) in [7, 11) is 0. The predicted molar refractivity (Wildman–Crippen MR) is 126 cm³/mol. The van der Waals surface area contributed by atoms with Crippen molar-refractivity contribution in [2.24, 2.45) is 0 Å². The van der Waals surface area contributed by atoms with Gasteiger partial charge in [-0.15, -0.1) is 0 Å². The quantitative estimate of drug-likeness (QED) is 0.366. The summed E-state index contributed by atoms with van der Waals surface area (Å²) in [5, 5.41) is 1.70. The molecule has 0 amide bonds. The Morgan fingerprint density at radius 2 is 0.935 bits per heavy atom. The number of carbonyl (C=O) groups is 2. The van der Waals surface area contributed by atoms with E-state index in [1.807, 2.05) is 12.1 Å². The van der Waals surface area contributed by atoms with E-state index in [0.717, 1.165) is 5.69 Å². The highest BCUT2D eigenvalue weighted by molar-refractivity contribution is 6.31. The smallest absolute Gasteiger partial charge is 0.190 e. The molecule has 0 unspecified atom stereocenters. The molecule has 3 aromatic rings. The van der Waals surface area contributed by atoms with E-state index in [-0.39, 0.29) is 18.0 Å². The number of nitrogens with zero attached hydrogens (tertiary/aromatic N) is 1. The summed E-state index contributed by atoms with van der Waals surface area (Å²) in [4.78, 5) is 28.1. The minimum Gasteiger partial charge on any atom is -0.323 e. The number of ketones is 2. The molecule has 0 spiro atoms. The first-order chi connectivity index (χ1) is 14.9. The molecule has 0 radical (unpaired) electrons. The Kier molecular flexibility index (Phi) is 6.28. The average molecular weight is 469 g/mol. The maximum absolute atomic E-state index is 13.2. The van der Waals surface area contributed by atoms with Crippen LogP contribution in [0.3, 0.4) is 0 Å². The highest BCUT2D eigenvalue weighted by atomic mass is 35.5. The molecule has 154 valence electrons. The van der Waals surface area contributed by atoms with Gasteiger partial charge in [0, 0.05) is 61.8 Å². The number of benzene rings is 3. The average Bonchev–Trinajstić information content (AvgIpc) is 2.79. The van der Waals surface area contributed by atoms with Crippen molar-refractivity contribution >= 4 is 52.1 Å². The van der Waals surface area contributed by atoms with Crippen molar-refractivity contribution in [2.75, 3.05) is 4.90 Å². The van der Waals surface area contributed by atoms with E-state index in [0.29, 0.717) is 37.3 Å². The van der Waals surface area contributed by atoms with E-state index < -0.39 is 0 Å². The van der Waals surface area contributed by atoms with Gasteiger partial charge in [-0.2, -0.15) is 0 Å². The van der Waals surface area contributed by atoms with Gasteiger partial charge in [-0.05, 0) is 72.8 Å². The molecule has 1 heterocycles. The molecule has 3 aromatic carbocycles. The maximum Gasteiger partial charge on any atom is 0.190 e. The maximum atomic E-state index is 13.2. The van der Waals surface area contributed by atoms with Crippen LogP contribution in [0.2, 0.25) is 15.1 Å². The van der Waals surface area contributed by atoms with Crippen LogP contribution in [-0.4, -0.2) is 11.6 Å². The Labute approximate surface area is 195 Å². The van der Waals surface area contributed by atoms with Crippen LogP contribution >= 0.6 is 34.8 Å². The molecule has 3 nitrogen and oxygen atoms in total. The highest BCUT2D eigenvalue weighted by Crippen LogP contribution is 2.30. The van der Waals surface area contributed by atoms with Crippen LogP contribution in [0.1, 0.15) is 27.1 Å². The van der Waals surface area contributed by atoms with Crippen LogP contribution in [0, 0.1) is 0 Å². The van der Waals surface area contributed by atoms with E-state index in [1.54, 1.807) is 78.0 Å². The van der Waals surface area contributed by atoms with Gasteiger partial charge in [0.05, 0.1) is 0 Å². The van der Waals surface area contributed by atoms with Crippen LogP contribution in [0.4, 0.5) is 5.69 Å². The summed E-state index contributed by atoms with van der Waals surface area (Å²) in [6.45, 7) is 0. The van der Waals surface area contributed by atoms with Crippen molar-refractivity contribution in [2.45, 2.75) is 6.42 Å². The van der Waals surface area contributed by atoms with Gasteiger partial charge in [0.15, 0.2) is 11.6 Å². The molecule has 0 aliphatic carbocycles. The lowest BCUT2D eigenvalue weighted by Crippen LogP contribution is -2.21. The third-order valence-corrected chi connectivity index (χ3v) is 5.65. The minimum atomic E-state index is -0.162. The fourth-order valence-corrected chi connectivity index (χ4v) is 3.66. The van der Waals surface area contributed by atoms with Gasteiger partial charge in [-0.25, -0.2) is 0 Å². The second-order valence-corrected chi connectivity index (χ2v) is 8.35. The van der Waals surface area contributed by atoms with Gasteiger partial charge in [0.25, 0.3) is 0 Å². The number of anilines is 1. The van der Waals surface area contributed by atoms with E-state index in [4.69, 9.17) is 34.8 Å². The first-order valence-corrected chi connectivity index (χ1v) is 10.6. The molecule has 0 fully saturated rings. The number of halogens is 3. The van der Waals surface area contributed by atoms with E-state index in [1.165, 1.54) is 0 Å². The molecule has 4 rings (SSSR count). The topological polar surface area (TPSA) is 37.4 Å². The van der Waals surface area contributed by atoms with Crippen molar-refractivity contribution < 1.29 is 9.59 Å². The lowest BCUT2D eigenvalue weighted by Gasteiger charge is -2.25. The zero-order valence-electron chi connectivity index (χ0n) is 16.2. The highest BCUT2D eigenvalue weighted by Gasteiger charge is 2.24. The number of allylic oxidation sites excluding steroid dienone is 2. The van der Waals surface area contributed by atoms with Crippen LogP contribution < -0.4 is 4.90 Å². The Morgan fingerprint density at radius 1 is 0.581 bits per heavy atom. The molecule has 6 heteroatoms. The molecule has 0 aromatic heterocycles. The molecule has 1 aliphatic heterocycles. The SMILES string of the molecule is O=C(C1=CN(c2ccc(Cl)cc2)C=C(C(=O)c2ccc(Cl)cc2)C1)c1ccc(Cl)cc1. The van der Waals surface area contributed by atoms with Crippen molar-refractivity contribution in [3.8, 4) is 0 Å². The van der Waals surface area contributed by atoms with E-state index in [9.17, 15) is 9.59 Å². The molecule has 0 saturated heterocycles. The minimum absolute atomic E-state index is 0.162. The number of hydrogen-bond donors (Lipinski definition) is 0. The van der Waals surface area contributed by atoms with Crippen LogP contribution in [0.25, 0.3) is 0 Å². The molecule has 0 saturated carbocycles. The summed E-state index contributed by atoms with van der Waals surface area (Å²) < 4.78 is 0. The largest absolute Gasteiger partial charge is 0.323 e. The fourth-order valence-electron chi connectivity index (χ4n) is 3.28. The third-order valence-electron chi connectivity index (χ3n) is 4.89.